The summed E-state index contributed by atoms with van der Waals surface area (Å²) in [7, 11) is 0. The van der Waals surface area contributed by atoms with Crippen LogP contribution in [-0.2, 0) is 19.9 Å². The maximum Gasteiger partial charge on any atom is 0.325 e. The van der Waals surface area contributed by atoms with Crippen molar-refractivity contribution in [1.29, 1.82) is 5.26 Å². The molecule has 2 saturated heterocycles. The highest BCUT2D eigenvalue weighted by Crippen LogP contribution is 2.29. The number of morpholine rings is 1. The Morgan fingerprint density at radius 1 is 1.37 bits per heavy atom. The molecule has 2 unspecified atom stereocenters. The number of rotatable bonds is 4. The van der Waals surface area contributed by atoms with Crippen molar-refractivity contribution in [2.75, 3.05) is 26.2 Å². The average Bonchev–Trinajstić information content (AvgIpc) is 2.92. The van der Waals surface area contributed by atoms with Gasteiger partial charge in [-0.25, -0.2) is 4.79 Å². The highest BCUT2D eigenvalue weighted by atomic mass is 16.5. The summed E-state index contributed by atoms with van der Waals surface area (Å²) in [5.74, 6) is -0.754. The summed E-state index contributed by atoms with van der Waals surface area (Å²) in [5.41, 5.74) is -0.237. The predicted octanol–water partition coefficient (Wildman–Crippen LogP) is 0.963. The van der Waals surface area contributed by atoms with Crippen molar-refractivity contribution in [3.63, 3.8) is 0 Å². The lowest BCUT2D eigenvalue weighted by Crippen LogP contribution is -2.50. The van der Waals surface area contributed by atoms with Gasteiger partial charge in [-0.3, -0.25) is 14.5 Å². The molecule has 2 atom stereocenters. The van der Waals surface area contributed by atoms with Gasteiger partial charge in [-0.1, -0.05) is 19.1 Å². The molecule has 2 aliphatic heterocycles. The topological polar surface area (TPSA) is 103 Å². The molecule has 3 rings (SSSR count). The van der Waals surface area contributed by atoms with E-state index in [0.29, 0.717) is 30.8 Å². The highest BCUT2D eigenvalue weighted by Gasteiger charge is 2.49. The Balaban J connectivity index is 1.73. The highest BCUT2D eigenvalue weighted by molar-refractivity contribution is 6.09. The number of amides is 4. The number of benzene rings is 1. The molecule has 0 spiro atoms. The quantitative estimate of drug-likeness (QED) is 0.796. The van der Waals surface area contributed by atoms with Gasteiger partial charge in [0.25, 0.3) is 5.91 Å². The standard InChI is InChI=1S/C19H22N4O4/c1-3-15-11-22(8-9-27-15)16(24)12-23-17(25)19(2,21-18(23)26)14-6-4-13(10-20)5-7-14/h4-7,15H,3,8-9,11-12H2,1-2H3,(H,21,26). The molecular formula is C19H22N4O4. The van der Waals surface area contributed by atoms with Crippen LogP contribution in [0, 0.1) is 11.3 Å². The van der Waals surface area contributed by atoms with E-state index in [0.717, 1.165) is 11.3 Å². The summed E-state index contributed by atoms with van der Waals surface area (Å²) < 4.78 is 5.55. The van der Waals surface area contributed by atoms with Crippen LogP contribution in [-0.4, -0.2) is 60.0 Å². The lowest BCUT2D eigenvalue weighted by atomic mass is 9.91. The van der Waals surface area contributed by atoms with E-state index in [-0.39, 0.29) is 18.6 Å². The second-order valence-corrected chi connectivity index (χ2v) is 6.88. The molecule has 0 bridgehead atoms. The van der Waals surface area contributed by atoms with Crippen molar-refractivity contribution in [3.8, 4) is 6.07 Å². The lowest BCUT2D eigenvalue weighted by Gasteiger charge is -2.33. The molecule has 0 aromatic heterocycles. The van der Waals surface area contributed by atoms with Crippen LogP contribution in [0.3, 0.4) is 0 Å². The Bertz CT molecular complexity index is 801. The van der Waals surface area contributed by atoms with E-state index in [4.69, 9.17) is 10.00 Å². The molecule has 0 radical (unpaired) electrons. The molecule has 2 fully saturated rings. The van der Waals surface area contributed by atoms with Gasteiger partial charge in [-0.05, 0) is 31.0 Å². The van der Waals surface area contributed by atoms with Crippen LogP contribution in [0.25, 0.3) is 0 Å². The summed E-state index contributed by atoms with van der Waals surface area (Å²) in [6.07, 6.45) is 0.777. The molecule has 0 saturated carbocycles. The minimum Gasteiger partial charge on any atom is -0.375 e. The fourth-order valence-electron chi connectivity index (χ4n) is 3.34. The number of carbonyl (C=O) groups excluding carboxylic acids is 3. The van der Waals surface area contributed by atoms with Crippen molar-refractivity contribution >= 4 is 17.8 Å². The van der Waals surface area contributed by atoms with E-state index in [1.165, 1.54) is 0 Å². The summed E-state index contributed by atoms with van der Waals surface area (Å²) in [5, 5.41) is 11.6. The fraction of sp³-hybridized carbons (Fsp3) is 0.474. The second kappa shape index (κ2) is 7.37. The van der Waals surface area contributed by atoms with Gasteiger partial charge in [-0.2, -0.15) is 5.26 Å². The van der Waals surface area contributed by atoms with E-state index in [1.54, 1.807) is 36.1 Å². The molecule has 8 heteroatoms. The number of imide groups is 1. The number of hydrogen-bond acceptors (Lipinski definition) is 5. The third-order valence-corrected chi connectivity index (χ3v) is 5.11. The van der Waals surface area contributed by atoms with E-state index < -0.39 is 17.5 Å². The van der Waals surface area contributed by atoms with Gasteiger partial charge in [0.1, 0.15) is 12.1 Å². The minimum atomic E-state index is -1.26. The van der Waals surface area contributed by atoms with Crippen LogP contribution >= 0.6 is 0 Å². The first kappa shape index (κ1) is 18.9. The van der Waals surface area contributed by atoms with Crippen LogP contribution in [0.4, 0.5) is 4.79 Å². The molecule has 4 amide bonds. The lowest BCUT2D eigenvalue weighted by molar-refractivity contribution is -0.143. The van der Waals surface area contributed by atoms with Crippen LogP contribution in [0.1, 0.15) is 31.4 Å². The number of urea groups is 1. The van der Waals surface area contributed by atoms with Crippen LogP contribution in [0.15, 0.2) is 24.3 Å². The van der Waals surface area contributed by atoms with E-state index >= 15 is 0 Å². The van der Waals surface area contributed by atoms with E-state index in [9.17, 15) is 14.4 Å². The second-order valence-electron chi connectivity index (χ2n) is 6.88. The molecule has 1 aromatic rings. The molecule has 2 aliphatic rings. The summed E-state index contributed by atoms with van der Waals surface area (Å²) in [6.45, 7) is 4.65. The summed E-state index contributed by atoms with van der Waals surface area (Å²) >= 11 is 0. The van der Waals surface area contributed by atoms with Crippen LogP contribution in [0.2, 0.25) is 0 Å². The number of nitriles is 1. The van der Waals surface area contributed by atoms with Gasteiger partial charge in [0.2, 0.25) is 5.91 Å². The van der Waals surface area contributed by atoms with Crippen molar-refractivity contribution in [1.82, 2.24) is 15.1 Å². The largest absolute Gasteiger partial charge is 0.375 e. The van der Waals surface area contributed by atoms with E-state index in [2.05, 4.69) is 5.32 Å². The predicted molar refractivity (Wildman–Crippen MR) is 95.4 cm³/mol. The Morgan fingerprint density at radius 2 is 2.07 bits per heavy atom. The number of carbonyl (C=O) groups is 3. The van der Waals surface area contributed by atoms with Crippen molar-refractivity contribution < 1.29 is 19.1 Å². The molecule has 0 aliphatic carbocycles. The van der Waals surface area contributed by atoms with Crippen LogP contribution < -0.4 is 5.32 Å². The number of nitrogens with zero attached hydrogens (tertiary/aromatic N) is 3. The molecule has 1 N–H and O–H groups in total. The van der Waals surface area contributed by atoms with Crippen molar-refractivity contribution in [3.05, 3.63) is 35.4 Å². The summed E-state index contributed by atoms with van der Waals surface area (Å²) in [4.78, 5) is 40.5. The number of nitrogens with one attached hydrogen (secondary N) is 1. The van der Waals surface area contributed by atoms with Gasteiger partial charge in [0.05, 0.1) is 24.3 Å². The maximum absolute atomic E-state index is 12.9. The Morgan fingerprint density at radius 3 is 2.70 bits per heavy atom. The average molecular weight is 370 g/mol. The third-order valence-electron chi connectivity index (χ3n) is 5.11. The Hall–Kier alpha value is -2.92. The van der Waals surface area contributed by atoms with Gasteiger partial charge in [-0.15, -0.1) is 0 Å². The van der Waals surface area contributed by atoms with Crippen molar-refractivity contribution in [2.24, 2.45) is 0 Å². The van der Waals surface area contributed by atoms with Gasteiger partial charge in [0, 0.05) is 13.1 Å². The Labute approximate surface area is 157 Å². The first-order chi connectivity index (χ1) is 12.9. The zero-order chi connectivity index (χ0) is 19.6. The maximum atomic E-state index is 12.9. The molecule has 8 nitrogen and oxygen atoms in total. The number of hydrogen-bond donors (Lipinski definition) is 1. The molecule has 2 heterocycles. The van der Waals surface area contributed by atoms with Crippen molar-refractivity contribution in [2.45, 2.75) is 31.9 Å². The fourth-order valence-corrected chi connectivity index (χ4v) is 3.34. The SMILES string of the molecule is CCC1CN(C(=O)CN2C(=O)NC(C)(c3ccc(C#N)cc3)C2=O)CCO1. The zero-order valence-electron chi connectivity index (χ0n) is 15.4. The minimum absolute atomic E-state index is 0.0188. The van der Waals surface area contributed by atoms with Gasteiger partial charge in [0.15, 0.2) is 0 Å². The third kappa shape index (κ3) is 3.51. The summed E-state index contributed by atoms with van der Waals surface area (Å²) in [6, 6.07) is 7.87. The normalized spacial score (nSPS) is 25.3. The number of ether oxygens (including phenoxy) is 1. The monoisotopic (exact) mass is 370 g/mol. The van der Waals surface area contributed by atoms with Gasteiger partial charge < -0.3 is 15.0 Å². The molecular weight excluding hydrogens is 348 g/mol. The van der Waals surface area contributed by atoms with Gasteiger partial charge >= 0.3 is 6.03 Å². The van der Waals surface area contributed by atoms with Crippen LogP contribution in [0.5, 0.6) is 0 Å². The molecule has 1 aromatic carbocycles. The Kier molecular flexibility index (Phi) is 5.15. The molecule has 142 valence electrons. The van der Waals surface area contributed by atoms with E-state index in [1.807, 2.05) is 13.0 Å². The first-order valence-corrected chi connectivity index (χ1v) is 8.93. The zero-order valence-corrected chi connectivity index (χ0v) is 15.4. The first-order valence-electron chi connectivity index (χ1n) is 8.93. The molecule has 27 heavy (non-hydrogen) atoms. The smallest absolute Gasteiger partial charge is 0.325 e.